The maximum Gasteiger partial charge on any atom is 0.339 e. The van der Waals surface area contributed by atoms with Crippen molar-refractivity contribution >= 4 is 23.4 Å². The fraction of sp³-hybridized carbons (Fsp3) is 0.600. The number of rotatable bonds is 3. The van der Waals surface area contributed by atoms with Crippen LogP contribution in [0.5, 0.6) is 0 Å². The van der Waals surface area contributed by atoms with E-state index in [1.54, 1.807) is 6.07 Å². The van der Waals surface area contributed by atoms with Gasteiger partial charge in [-0.3, -0.25) is 4.90 Å². The van der Waals surface area contributed by atoms with Gasteiger partial charge in [-0.15, -0.1) is 0 Å². The van der Waals surface area contributed by atoms with Crippen molar-refractivity contribution in [2.75, 3.05) is 31.1 Å². The summed E-state index contributed by atoms with van der Waals surface area (Å²) in [4.78, 5) is 20.2. The molecule has 1 aromatic heterocycles. The molecule has 6 heteroatoms. The maximum absolute atomic E-state index is 11.4. The normalized spacial score (nSPS) is 23.5. The summed E-state index contributed by atoms with van der Waals surface area (Å²) in [5.74, 6) is -0.440. The largest absolute Gasteiger partial charge is 0.478 e. The third kappa shape index (κ3) is 3.14. The molecular formula is C15H20ClN3O2. The minimum absolute atomic E-state index is 0.235. The highest BCUT2D eigenvalue weighted by Gasteiger charge is 2.31. The molecule has 1 aromatic rings. The summed E-state index contributed by atoms with van der Waals surface area (Å²) in [5.41, 5.74) is 0.235. The second-order valence-corrected chi connectivity index (χ2v) is 6.18. The molecule has 2 aliphatic rings. The molecule has 0 aromatic carbocycles. The summed E-state index contributed by atoms with van der Waals surface area (Å²) < 4.78 is 0. The fourth-order valence-electron chi connectivity index (χ4n) is 3.35. The van der Waals surface area contributed by atoms with Gasteiger partial charge in [0.2, 0.25) is 0 Å². The molecule has 0 saturated carbocycles. The van der Waals surface area contributed by atoms with Crippen LogP contribution in [0.1, 0.15) is 36.0 Å². The Morgan fingerprint density at radius 1 is 1.24 bits per heavy atom. The van der Waals surface area contributed by atoms with Gasteiger partial charge in [-0.25, -0.2) is 9.78 Å². The number of nitrogens with zero attached hydrogens (tertiary/aromatic N) is 3. The van der Waals surface area contributed by atoms with E-state index in [0.29, 0.717) is 17.0 Å². The van der Waals surface area contributed by atoms with Crippen molar-refractivity contribution in [2.45, 2.75) is 31.7 Å². The average molecular weight is 310 g/mol. The molecule has 3 rings (SSSR count). The zero-order chi connectivity index (χ0) is 14.8. The summed E-state index contributed by atoms with van der Waals surface area (Å²) in [6, 6.07) is 3.58. The molecule has 5 nitrogen and oxygen atoms in total. The van der Waals surface area contributed by atoms with Gasteiger partial charge in [0.25, 0.3) is 0 Å². The highest BCUT2D eigenvalue weighted by Crippen LogP contribution is 2.27. The Balaban J connectivity index is 1.76. The van der Waals surface area contributed by atoms with Gasteiger partial charge in [-0.05, 0) is 44.5 Å². The van der Waals surface area contributed by atoms with Crippen LogP contribution in [0.25, 0.3) is 0 Å². The smallest absolute Gasteiger partial charge is 0.339 e. The standard InChI is InChI=1S/C15H20ClN3O2/c16-13-5-4-12(15(20)21)14(17-13)19-9-6-11(10-19)18-7-2-1-3-8-18/h4-5,11H,1-3,6-10H2,(H,20,21). The number of hydrogen-bond acceptors (Lipinski definition) is 4. The van der Waals surface area contributed by atoms with E-state index in [4.69, 9.17) is 11.6 Å². The molecule has 1 N–H and O–H groups in total. The molecule has 3 heterocycles. The van der Waals surface area contributed by atoms with E-state index in [0.717, 1.165) is 32.6 Å². The van der Waals surface area contributed by atoms with E-state index in [1.807, 2.05) is 0 Å². The van der Waals surface area contributed by atoms with Crippen LogP contribution in [0.2, 0.25) is 5.15 Å². The molecule has 0 aliphatic carbocycles. The third-order valence-electron chi connectivity index (χ3n) is 4.44. The first-order valence-electron chi connectivity index (χ1n) is 7.54. The first kappa shape index (κ1) is 14.6. The predicted octanol–water partition coefficient (Wildman–Crippen LogP) is 2.50. The van der Waals surface area contributed by atoms with Crippen LogP contribution in [0.3, 0.4) is 0 Å². The van der Waals surface area contributed by atoms with Crippen molar-refractivity contribution in [3.63, 3.8) is 0 Å². The lowest BCUT2D eigenvalue weighted by Crippen LogP contribution is -2.41. The van der Waals surface area contributed by atoms with E-state index >= 15 is 0 Å². The van der Waals surface area contributed by atoms with Gasteiger partial charge in [-0.2, -0.15) is 0 Å². The summed E-state index contributed by atoms with van der Waals surface area (Å²) >= 11 is 5.94. The van der Waals surface area contributed by atoms with E-state index in [9.17, 15) is 9.90 Å². The quantitative estimate of drug-likeness (QED) is 0.869. The van der Waals surface area contributed by atoms with Crippen molar-refractivity contribution in [1.29, 1.82) is 0 Å². The van der Waals surface area contributed by atoms with Crippen molar-refractivity contribution in [2.24, 2.45) is 0 Å². The number of carbonyl (C=O) groups is 1. The Morgan fingerprint density at radius 2 is 2.00 bits per heavy atom. The Labute approximate surface area is 129 Å². The van der Waals surface area contributed by atoms with Gasteiger partial charge in [0, 0.05) is 19.1 Å². The Morgan fingerprint density at radius 3 is 2.71 bits per heavy atom. The van der Waals surface area contributed by atoms with Crippen molar-refractivity contribution in [1.82, 2.24) is 9.88 Å². The zero-order valence-electron chi connectivity index (χ0n) is 12.0. The molecule has 0 radical (unpaired) electrons. The number of pyridine rings is 1. The van der Waals surface area contributed by atoms with Gasteiger partial charge in [0.05, 0.1) is 0 Å². The summed E-state index contributed by atoms with van der Waals surface area (Å²) in [6.07, 6.45) is 4.93. The molecular weight excluding hydrogens is 290 g/mol. The Bertz CT molecular complexity index is 532. The number of piperidine rings is 1. The van der Waals surface area contributed by atoms with E-state index in [2.05, 4.69) is 14.8 Å². The lowest BCUT2D eigenvalue weighted by molar-refractivity contribution is 0.0697. The predicted molar refractivity (Wildman–Crippen MR) is 82.2 cm³/mol. The fourth-order valence-corrected chi connectivity index (χ4v) is 3.49. The average Bonchev–Trinajstić information content (AvgIpc) is 2.97. The Hall–Kier alpha value is -1.33. The molecule has 2 fully saturated rings. The number of likely N-dealkylation sites (tertiary alicyclic amines) is 1. The maximum atomic E-state index is 11.4. The molecule has 0 amide bonds. The lowest BCUT2D eigenvalue weighted by atomic mass is 10.1. The van der Waals surface area contributed by atoms with Crippen LogP contribution in [-0.4, -0.2) is 53.2 Å². The molecule has 2 aliphatic heterocycles. The number of anilines is 1. The van der Waals surface area contributed by atoms with Crippen LogP contribution < -0.4 is 4.90 Å². The van der Waals surface area contributed by atoms with Crippen molar-refractivity contribution in [3.05, 3.63) is 22.8 Å². The number of halogens is 1. The summed E-state index contributed by atoms with van der Waals surface area (Å²) in [6.45, 7) is 4.00. The monoisotopic (exact) mass is 309 g/mol. The van der Waals surface area contributed by atoms with Gasteiger partial charge in [-0.1, -0.05) is 18.0 Å². The van der Waals surface area contributed by atoms with Crippen LogP contribution in [0, 0.1) is 0 Å². The molecule has 21 heavy (non-hydrogen) atoms. The molecule has 2 saturated heterocycles. The minimum Gasteiger partial charge on any atom is -0.478 e. The molecule has 1 atom stereocenters. The van der Waals surface area contributed by atoms with E-state index < -0.39 is 5.97 Å². The summed E-state index contributed by atoms with van der Waals surface area (Å²) in [7, 11) is 0. The van der Waals surface area contributed by atoms with Crippen molar-refractivity contribution in [3.8, 4) is 0 Å². The number of hydrogen-bond donors (Lipinski definition) is 1. The zero-order valence-corrected chi connectivity index (χ0v) is 12.7. The number of carboxylic acid groups (broad SMARTS) is 1. The molecule has 0 bridgehead atoms. The first-order valence-corrected chi connectivity index (χ1v) is 7.92. The SMILES string of the molecule is O=C(O)c1ccc(Cl)nc1N1CCC(N2CCCCC2)C1. The molecule has 0 spiro atoms. The van der Waals surface area contributed by atoms with Crippen LogP contribution in [-0.2, 0) is 0 Å². The van der Waals surface area contributed by atoms with Gasteiger partial charge in [0.1, 0.15) is 16.5 Å². The van der Waals surface area contributed by atoms with E-state index in [1.165, 1.54) is 25.3 Å². The lowest BCUT2D eigenvalue weighted by Gasteiger charge is -2.32. The van der Waals surface area contributed by atoms with Crippen LogP contribution in [0.15, 0.2) is 12.1 Å². The minimum atomic E-state index is -0.949. The number of aromatic nitrogens is 1. The molecule has 114 valence electrons. The van der Waals surface area contributed by atoms with E-state index in [-0.39, 0.29) is 5.56 Å². The second kappa shape index (κ2) is 6.20. The van der Waals surface area contributed by atoms with Gasteiger partial charge in [0.15, 0.2) is 0 Å². The highest BCUT2D eigenvalue weighted by atomic mass is 35.5. The van der Waals surface area contributed by atoms with Gasteiger partial charge < -0.3 is 10.0 Å². The summed E-state index contributed by atoms with van der Waals surface area (Å²) in [5, 5.41) is 9.66. The second-order valence-electron chi connectivity index (χ2n) is 5.80. The third-order valence-corrected chi connectivity index (χ3v) is 4.65. The van der Waals surface area contributed by atoms with Gasteiger partial charge >= 0.3 is 5.97 Å². The highest BCUT2D eigenvalue weighted by molar-refractivity contribution is 6.29. The molecule has 1 unspecified atom stereocenters. The van der Waals surface area contributed by atoms with Crippen molar-refractivity contribution < 1.29 is 9.90 Å². The Kier molecular flexibility index (Phi) is 4.31. The van der Waals surface area contributed by atoms with Crippen LogP contribution >= 0.6 is 11.6 Å². The number of aromatic carboxylic acids is 1. The topological polar surface area (TPSA) is 56.7 Å². The number of carboxylic acids is 1. The first-order chi connectivity index (χ1) is 10.1. The van der Waals surface area contributed by atoms with Crippen LogP contribution in [0.4, 0.5) is 5.82 Å².